The molecule has 1 aromatic heterocycles. The van der Waals surface area contributed by atoms with Gasteiger partial charge in [0.25, 0.3) is 0 Å². The summed E-state index contributed by atoms with van der Waals surface area (Å²) in [6.45, 7) is 1.91. The van der Waals surface area contributed by atoms with E-state index in [-0.39, 0.29) is 11.7 Å². The van der Waals surface area contributed by atoms with Gasteiger partial charge in [-0.15, -0.1) is 11.6 Å². The monoisotopic (exact) mass is 308 g/mol. The van der Waals surface area contributed by atoms with Crippen molar-refractivity contribution in [1.82, 2.24) is 9.55 Å². The molecule has 1 heterocycles. The van der Waals surface area contributed by atoms with Crippen LogP contribution in [0.15, 0.2) is 36.4 Å². The average Bonchev–Trinajstić information content (AvgIpc) is 2.81. The first-order valence-electron chi connectivity index (χ1n) is 6.10. The Hall–Kier alpha value is -1.58. The van der Waals surface area contributed by atoms with Crippen molar-refractivity contribution in [2.24, 2.45) is 0 Å². The Morgan fingerprint density at radius 2 is 2.05 bits per heavy atom. The Balaban J connectivity index is 2.42. The van der Waals surface area contributed by atoms with E-state index in [0.717, 1.165) is 5.56 Å². The molecule has 0 atom stereocenters. The molecular weight excluding hydrogens is 298 g/mol. The summed E-state index contributed by atoms with van der Waals surface area (Å²) >= 11 is 12.2. The van der Waals surface area contributed by atoms with Gasteiger partial charge >= 0.3 is 0 Å². The first kappa shape index (κ1) is 13.4. The van der Waals surface area contributed by atoms with Crippen LogP contribution in [0.5, 0.6) is 0 Å². The van der Waals surface area contributed by atoms with E-state index in [1.54, 1.807) is 22.8 Å². The molecule has 0 radical (unpaired) electrons. The number of para-hydroxylation sites is 1. The van der Waals surface area contributed by atoms with Crippen LogP contribution < -0.4 is 0 Å². The lowest BCUT2D eigenvalue weighted by molar-refractivity contribution is 0.617. The highest BCUT2D eigenvalue weighted by Gasteiger charge is 2.16. The quantitative estimate of drug-likeness (QED) is 0.618. The first-order chi connectivity index (χ1) is 9.61. The summed E-state index contributed by atoms with van der Waals surface area (Å²) in [7, 11) is 0. The Labute approximate surface area is 125 Å². The highest BCUT2D eigenvalue weighted by atomic mass is 35.5. The molecule has 3 aromatic rings. The SMILES string of the molecule is Cc1ccc(F)c(-n2c(CCl)nc3cccc(Cl)c32)c1. The van der Waals surface area contributed by atoms with E-state index in [0.29, 0.717) is 27.6 Å². The number of rotatable bonds is 2. The summed E-state index contributed by atoms with van der Waals surface area (Å²) < 4.78 is 15.9. The smallest absolute Gasteiger partial charge is 0.147 e. The number of nitrogens with zero attached hydrogens (tertiary/aromatic N) is 2. The van der Waals surface area contributed by atoms with Gasteiger partial charge in [0.15, 0.2) is 0 Å². The van der Waals surface area contributed by atoms with Crippen LogP contribution in [0.4, 0.5) is 4.39 Å². The molecule has 0 N–H and O–H groups in total. The molecule has 0 bridgehead atoms. The fourth-order valence-electron chi connectivity index (χ4n) is 2.28. The van der Waals surface area contributed by atoms with Crippen molar-refractivity contribution >= 4 is 34.2 Å². The Kier molecular flexibility index (Phi) is 3.40. The van der Waals surface area contributed by atoms with Gasteiger partial charge in [-0.25, -0.2) is 9.37 Å². The van der Waals surface area contributed by atoms with Crippen molar-refractivity contribution in [3.05, 3.63) is 58.6 Å². The molecule has 0 aliphatic carbocycles. The third-order valence-electron chi connectivity index (χ3n) is 3.16. The molecule has 5 heteroatoms. The summed E-state index contributed by atoms with van der Waals surface area (Å²) in [5.74, 6) is 0.415. The Bertz CT molecular complexity index is 796. The summed E-state index contributed by atoms with van der Waals surface area (Å²) in [6.07, 6.45) is 0. The minimum absolute atomic E-state index is 0.179. The lowest BCUT2D eigenvalue weighted by Crippen LogP contribution is -2.02. The van der Waals surface area contributed by atoms with E-state index < -0.39 is 0 Å². The summed E-state index contributed by atoms with van der Waals surface area (Å²) in [5.41, 5.74) is 2.75. The maximum absolute atomic E-state index is 14.2. The largest absolute Gasteiger partial charge is 0.291 e. The van der Waals surface area contributed by atoms with Gasteiger partial charge < -0.3 is 0 Å². The van der Waals surface area contributed by atoms with Gasteiger partial charge in [0.2, 0.25) is 0 Å². The zero-order chi connectivity index (χ0) is 14.3. The molecule has 0 aliphatic heterocycles. The molecule has 20 heavy (non-hydrogen) atoms. The number of halogens is 3. The fraction of sp³-hybridized carbons (Fsp3) is 0.133. The van der Waals surface area contributed by atoms with Crippen LogP contribution in [0.25, 0.3) is 16.7 Å². The lowest BCUT2D eigenvalue weighted by Gasteiger charge is -2.10. The molecule has 0 saturated heterocycles. The van der Waals surface area contributed by atoms with Crippen LogP contribution in [0, 0.1) is 12.7 Å². The average molecular weight is 309 g/mol. The van der Waals surface area contributed by atoms with Crippen molar-refractivity contribution in [2.45, 2.75) is 12.8 Å². The highest BCUT2D eigenvalue weighted by Crippen LogP contribution is 2.30. The van der Waals surface area contributed by atoms with Gasteiger partial charge in [0, 0.05) is 0 Å². The van der Waals surface area contributed by atoms with E-state index in [1.165, 1.54) is 6.07 Å². The van der Waals surface area contributed by atoms with Gasteiger partial charge in [-0.2, -0.15) is 0 Å². The van der Waals surface area contributed by atoms with Gasteiger partial charge in [0.1, 0.15) is 11.6 Å². The number of imidazole rings is 1. The topological polar surface area (TPSA) is 17.8 Å². The van der Waals surface area contributed by atoms with Crippen molar-refractivity contribution in [3.8, 4) is 5.69 Å². The third kappa shape index (κ3) is 2.07. The van der Waals surface area contributed by atoms with Crippen molar-refractivity contribution in [2.75, 3.05) is 0 Å². The minimum Gasteiger partial charge on any atom is -0.291 e. The summed E-state index contributed by atoms with van der Waals surface area (Å²) in [4.78, 5) is 4.42. The fourth-order valence-corrected chi connectivity index (χ4v) is 2.71. The zero-order valence-electron chi connectivity index (χ0n) is 10.7. The minimum atomic E-state index is -0.332. The van der Waals surface area contributed by atoms with Crippen LogP contribution >= 0.6 is 23.2 Å². The molecular formula is C15H11Cl2FN2. The maximum atomic E-state index is 14.2. The van der Waals surface area contributed by atoms with Crippen LogP contribution in [-0.2, 0) is 5.88 Å². The maximum Gasteiger partial charge on any atom is 0.147 e. The van der Waals surface area contributed by atoms with Crippen LogP contribution in [-0.4, -0.2) is 9.55 Å². The molecule has 0 amide bonds. The second-order valence-electron chi connectivity index (χ2n) is 4.56. The predicted molar refractivity (Wildman–Crippen MR) is 80.3 cm³/mol. The van der Waals surface area contributed by atoms with Gasteiger partial charge in [0.05, 0.1) is 27.6 Å². The number of fused-ring (bicyclic) bond motifs is 1. The lowest BCUT2D eigenvalue weighted by atomic mass is 10.2. The van der Waals surface area contributed by atoms with Crippen LogP contribution in [0.1, 0.15) is 11.4 Å². The summed E-state index contributed by atoms with van der Waals surface area (Å²) in [6, 6.07) is 10.3. The molecule has 2 aromatic carbocycles. The Morgan fingerprint density at radius 3 is 2.80 bits per heavy atom. The standard InChI is InChI=1S/C15H11Cl2FN2/c1-9-5-6-11(18)13(7-9)20-14(8-16)19-12-4-2-3-10(17)15(12)20/h2-7H,8H2,1H3. The van der Waals surface area contributed by atoms with Gasteiger partial charge in [-0.05, 0) is 36.8 Å². The number of aryl methyl sites for hydroxylation is 1. The van der Waals surface area contributed by atoms with E-state index in [2.05, 4.69) is 4.98 Å². The molecule has 0 aliphatic rings. The van der Waals surface area contributed by atoms with E-state index in [4.69, 9.17) is 23.2 Å². The molecule has 102 valence electrons. The second kappa shape index (κ2) is 5.08. The molecule has 0 fully saturated rings. The number of alkyl halides is 1. The highest BCUT2D eigenvalue weighted by molar-refractivity contribution is 6.35. The van der Waals surface area contributed by atoms with E-state index >= 15 is 0 Å². The van der Waals surface area contributed by atoms with E-state index in [9.17, 15) is 4.39 Å². The van der Waals surface area contributed by atoms with Crippen molar-refractivity contribution in [3.63, 3.8) is 0 Å². The van der Waals surface area contributed by atoms with Crippen molar-refractivity contribution in [1.29, 1.82) is 0 Å². The van der Waals surface area contributed by atoms with Crippen LogP contribution in [0.3, 0.4) is 0 Å². The molecule has 0 unspecified atom stereocenters. The predicted octanol–water partition coefficient (Wildman–Crippen LogP) is 4.87. The van der Waals surface area contributed by atoms with Gasteiger partial charge in [-0.3, -0.25) is 4.57 Å². The third-order valence-corrected chi connectivity index (χ3v) is 3.70. The zero-order valence-corrected chi connectivity index (χ0v) is 12.2. The van der Waals surface area contributed by atoms with Crippen LogP contribution in [0.2, 0.25) is 5.02 Å². The number of hydrogen-bond donors (Lipinski definition) is 0. The number of aromatic nitrogens is 2. The second-order valence-corrected chi connectivity index (χ2v) is 5.23. The summed E-state index contributed by atoms with van der Waals surface area (Å²) in [5, 5.41) is 0.521. The number of benzene rings is 2. The molecule has 0 spiro atoms. The molecule has 0 saturated carbocycles. The van der Waals surface area contributed by atoms with Gasteiger partial charge in [-0.1, -0.05) is 23.7 Å². The van der Waals surface area contributed by atoms with Crippen molar-refractivity contribution < 1.29 is 4.39 Å². The normalized spacial score (nSPS) is 11.2. The Morgan fingerprint density at radius 1 is 1.25 bits per heavy atom. The molecule has 2 nitrogen and oxygen atoms in total. The number of hydrogen-bond acceptors (Lipinski definition) is 1. The van der Waals surface area contributed by atoms with E-state index in [1.807, 2.05) is 19.1 Å². The first-order valence-corrected chi connectivity index (χ1v) is 7.01. The molecule has 3 rings (SSSR count).